The summed E-state index contributed by atoms with van der Waals surface area (Å²) in [5.41, 5.74) is 1.14. The molecule has 3 rings (SSSR count). The van der Waals surface area contributed by atoms with E-state index in [0.29, 0.717) is 23.5 Å². The summed E-state index contributed by atoms with van der Waals surface area (Å²) in [5.74, 6) is -0.413. The number of imidazole rings is 1. The van der Waals surface area contributed by atoms with Gasteiger partial charge in [-0.05, 0) is 13.0 Å². The Morgan fingerprint density at radius 3 is 3.05 bits per heavy atom. The van der Waals surface area contributed by atoms with Gasteiger partial charge in [-0.2, -0.15) is 0 Å². The zero-order valence-corrected chi connectivity index (χ0v) is 10.6. The number of amides is 1. The highest BCUT2D eigenvalue weighted by Crippen LogP contribution is 2.25. The van der Waals surface area contributed by atoms with E-state index < -0.39 is 5.82 Å². The summed E-state index contributed by atoms with van der Waals surface area (Å²) in [6.45, 7) is 2.29. The molecular formula is C13H11FN4O2. The average Bonchev–Trinajstić information content (AvgIpc) is 3.07. The minimum Gasteiger partial charge on any atom is -0.443 e. The van der Waals surface area contributed by atoms with E-state index in [0.717, 1.165) is 0 Å². The summed E-state index contributed by atoms with van der Waals surface area (Å²) in [4.78, 5) is 19.9. The summed E-state index contributed by atoms with van der Waals surface area (Å²) < 4.78 is 20.3. The molecule has 1 amide bonds. The first-order valence-electron chi connectivity index (χ1n) is 6.04. The molecule has 0 radical (unpaired) electrons. The first kappa shape index (κ1) is 12.3. The van der Waals surface area contributed by atoms with Gasteiger partial charge in [0.2, 0.25) is 0 Å². The van der Waals surface area contributed by atoms with Crippen LogP contribution >= 0.6 is 0 Å². The number of carbonyl (C=O) groups is 1. The van der Waals surface area contributed by atoms with Crippen LogP contribution in [0.25, 0.3) is 17.0 Å². The minimum absolute atomic E-state index is 0.266. The van der Waals surface area contributed by atoms with Gasteiger partial charge in [-0.3, -0.25) is 9.20 Å². The molecule has 0 fully saturated rings. The third-order valence-corrected chi connectivity index (χ3v) is 2.84. The maximum atomic E-state index is 13.8. The van der Waals surface area contributed by atoms with Gasteiger partial charge in [-0.25, -0.2) is 14.4 Å². The van der Waals surface area contributed by atoms with E-state index in [2.05, 4.69) is 15.3 Å². The fourth-order valence-electron chi connectivity index (χ4n) is 2.00. The summed E-state index contributed by atoms with van der Waals surface area (Å²) in [5, 5.41) is 2.66. The number of oxazole rings is 1. The lowest BCUT2D eigenvalue weighted by Crippen LogP contribution is -2.24. The molecular weight excluding hydrogens is 263 g/mol. The third kappa shape index (κ3) is 1.93. The number of pyridine rings is 1. The summed E-state index contributed by atoms with van der Waals surface area (Å²) >= 11 is 0. The van der Waals surface area contributed by atoms with Crippen molar-refractivity contribution in [1.29, 1.82) is 0 Å². The van der Waals surface area contributed by atoms with Gasteiger partial charge >= 0.3 is 0 Å². The second-order valence-corrected chi connectivity index (χ2v) is 4.13. The fraction of sp³-hybridized carbons (Fsp3) is 0.154. The van der Waals surface area contributed by atoms with Gasteiger partial charge in [-0.15, -0.1) is 0 Å². The molecule has 3 aromatic heterocycles. The lowest BCUT2D eigenvalue weighted by atomic mass is 10.2. The van der Waals surface area contributed by atoms with E-state index in [1.807, 2.05) is 6.92 Å². The number of hydrogen-bond acceptors (Lipinski definition) is 4. The van der Waals surface area contributed by atoms with E-state index in [9.17, 15) is 9.18 Å². The van der Waals surface area contributed by atoms with Gasteiger partial charge in [0.15, 0.2) is 12.2 Å². The first-order valence-corrected chi connectivity index (χ1v) is 6.04. The van der Waals surface area contributed by atoms with E-state index in [1.54, 1.807) is 0 Å². The lowest BCUT2D eigenvalue weighted by molar-refractivity contribution is 0.0950. The topological polar surface area (TPSA) is 72.4 Å². The molecule has 0 aromatic carbocycles. The summed E-state index contributed by atoms with van der Waals surface area (Å²) in [6, 6.07) is 1.30. The smallest absolute Gasteiger partial charge is 0.269 e. The number of nitrogens with zero attached hydrogens (tertiary/aromatic N) is 3. The molecule has 3 heterocycles. The summed E-state index contributed by atoms with van der Waals surface area (Å²) in [7, 11) is 0. The van der Waals surface area contributed by atoms with Crippen LogP contribution in [0.15, 0.2) is 35.5 Å². The van der Waals surface area contributed by atoms with Crippen LogP contribution in [0.1, 0.15) is 17.4 Å². The Labute approximate surface area is 113 Å². The molecule has 6 nitrogen and oxygen atoms in total. The molecule has 0 saturated carbocycles. The van der Waals surface area contributed by atoms with Gasteiger partial charge < -0.3 is 9.73 Å². The van der Waals surface area contributed by atoms with E-state index in [4.69, 9.17) is 4.42 Å². The standard InChI is InChI=1S/C13H11FN4O2/c1-2-16-13(19)10-4-17-12-9(11-5-15-7-20-11)3-8(14)6-18(10)12/h3-7H,2H2,1H3,(H,16,19). The van der Waals surface area contributed by atoms with Crippen LogP contribution in [0.2, 0.25) is 0 Å². The molecule has 0 aliphatic rings. The Bertz CT molecular complexity index is 764. The van der Waals surface area contributed by atoms with Crippen molar-refractivity contribution in [3.63, 3.8) is 0 Å². The van der Waals surface area contributed by atoms with Gasteiger partial charge in [0, 0.05) is 12.7 Å². The predicted octanol–water partition coefficient (Wildman–Crippen LogP) is 1.88. The van der Waals surface area contributed by atoms with Crippen LogP contribution in [-0.2, 0) is 0 Å². The Morgan fingerprint density at radius 2 is 2.35 bits per heavy atom. The monoisotopic (exact) mass is 274 g/mol. The SMILES string of the molecule is CCNC(=O)c1cnc2c(-c3cnco3)cc(F)cn12. The highest BCUT2D eigenvalue weighted by molar-refractivity contribution is 5.94. The molecule has 0 aliphatic heterocycles. The molecule has 0 bridgehead atoms. The number of fused-ring (bicyclic) bond motifs is 1. The highest BCUT2D eigenvalue weighted by Gasteiger charge is 2.17. The predicted molar refractivity (Wildman–Crippen MR) is 68.7 cm³/mol. The van der Waals surface area contributed by atoms with Crippen molar-refractivity contribution < 1.29 is 13.6 Å². The molecule has 3 aromatic rings. The second-order valence-electron chi connectivity index (χ2n) is 4.13. The fourth-order valence-corrected chi connectivity index (χ4v) is 2.00. The normalized spacial score (nSPS) is 10.9. The van der Waals surface area contributed by atoms with Gasteiger partial charge in [0.1, 0.15) is 17.2 Å². The molecule has 20 heavy (non-hydrogen) atoms. The third-order valence-electron chi connectivity index (χ3n) is 2.84. The van der Waals surface area contributed by atoms with Gasteiger partial charge in [0.05, 0.1) is 18.0 Å². The van der Waals surface area contributed by atoms with Gasteiger partial charge in [0.25, 0.3) is 5.91 Å². The maximum Gasteiger partial charge on any atom is 0.269 e. The lowest BCUT2D eigenvalue weighted by Gasteiger charge is -2.04. The largest absolute Gasteiger partial charge is 0.443 e. The van der Waals surface area contributed by atoms with Crippen molar-refractivity contribution in [2.45, 2.75) is 6.92 Å². The molecule has 0 spiro atoms. The van der Waals surface area contributed by atoms with Crippen molar-refractivity contribution in [2.75, 3.05) is 6.54 Å². The highest BCUT2D eigenvalue weighted by atomic mass is 19.1. The van der Waals surface area contributed by atoms with E-state index in [1.165, 1.54) is 35.5 Å². The number of halogens is 1. The molecule has 0 atom stereocenters. The van der Waals surface area contributed by atoms with E-state index >= 15 is 0 Å². The van der Waals surface area contributed by atoms with E-state index in [-0.39, 0.29) is 11.6 Å². The average molecular weight is 274 g/mol. The molecule has 102 valence electrons. The zero-order chi connectivity index (χ0) is 14.1. The van der Waals surface area contributed by atoms with Crippen molar-refractivity contribution in [3.05, 3.63) is 42.6 Å². The Kier molecular flexibility index (Phi) is 2.94. The number of aromatic nitrogens is 3. The van der Waals surface area contributed by atoms with Gasteiger partial charge in [-0.1, -0.05) is 0 Å². The Hall–Kier alpha value is -2.70. The first-order chi connectivity index (χ1) is 9.70. The maximum absolute atomic E-state index is 13.8. The van der Waals surface area contributed by atoms with Crippen LogP contribution < -0.4 is 5.32 Å². The molecule has 0 unspecified atom stereocenters. The minimum atomic E-state index is -0.493. The summed E-state index contributed by atoms with van der Waals surface area (Å²) in [6.07, 6.45) is 5.34. The molecule has 1 N–H and O–H groups in total. The zero-order valence-electron chi connectivity index (χ0n) is 10.6. The number of rotatable bonds is 3. The molecule has 0 aliphatic carbocycles. The van der Waals surface area contributed by atoms with Crippen molar-refractivity contribution in [3.8, 4) is 11.3 Å². The molecule has 0 saturated heterocycles. The Morgan fingerprint density at radius 1 is 1.50 bits per heavy atom. The van der Waals surface area contributed by atoms with Crippen molar-refractivity contribution >= 4 is 11.6 Å². The number of hydrogen-bond donors (Lipinski definition) is 1. The Balaban J connectivity index is 2.22. The number of carbonyl (C=O) groups excluding carboxylic acids is 1. The van der Waals surface area contributed by atoms with Crippen molar-refractivity contribution in [1.82, 2.24) is 19.7 Å². The number of nitrogens with one attached hydrogen (secondary N) is 1. The van der Waals surface area contributed by atoms with Crippen LogP contribution in [0.3, 0.4) is 0 Å². The van der Waals surface area contributed by atoms with Crippen molar-refractivity contribution in [2.24, 2.45) is 0 Å². The quantitative estimate of drug-likeness (QED) is 0.791. The second kappa shape index (κ2) is 4.76. The van der Waals surface area contributed by atoms with Crippen LogP contribution in [0, 0.1) is 5.82 Å². The van der Waals surface area contributed by atoms with Crippen LogP contribution in [-0.4, -0.2) is 26.8 Å². The molecule has 7 heteroatoms. The van der Waals surface area contributed by atoms with Crippen LogP contribution in [0.5, 0.6) is 0 Å². The van der Waals surface area contributed by atoms with Crippen LogP contribution in [0.4, 0.5) is 4.39 Å².